The fourth-order valence-corrected chi connectivity index (χ4v) is 3.32. The quantitative estimate of drug-likeness (QED) is 0.786. The minimum absolute atomic E-state index is 0.146. The molecule has 5 heteroatoms. The van der Waals surface area contributed by atoms with Crippen LogP contribution in [0.1, 0.15) is 54.4 Å². The first-order valence-electron chi connectivity index (χ1n) is 8.05. The van der Waals surface area contributed by atoms with E-state index in [-0.39, 0.29) is 17.9 Å². The van der Waals surface area contributed by atoms with E-state index in [0.717, 1.165) is 49.7 Å². The van der Waals surface area contributed by atoms with Crippen LogP contribution in [0.2, 0.25) is 0 Å². The number of Topliss-reactive ketones (excluding diaryl/α,β-unsaturated/α-hetero) is 1. The van der Waals surface area contributed by atoms with Gasteiger partial charge in [0, 0.05) is 17.7 Å². The molecule has 0 saturated heterocycles. The third-order valence-electron chi connectivity index (χ3n) is 4.56. The van der Waals surface area contributed by atoms with Crippen LogP contribution in [0.15, 0.2) is 18.2 Å². The van der Waals surface area contributed by atoms with Crippen LogP contribution < -0.4 is 10.6 Å². The fraction of sp³-hybridized carbons (Fsp3) is 0.529. The summed E-state index contributed by atoms with van der Waals surface area (Å²) in [6.07, 6.45) is 5.50. The van der Waals surface area contributed by atoms with Crippen LogP contribution in [0.4, 0.5) is 10.5 Å². The number of aliphatic hydroxyl groups excluding tert-OH is 1. The van der Waals surface area contributed by atoms with Crippen LogP contribution in [0.25, 0.3) is 0 Å². The molecule has 2 aliphatic carbocycles. The normalized spacial score (nSPS) is 24.5. The molecule has 1 saturated carbocycles. The molecule has 5 nitrogen and oxygen atoms in total. The molecule has 3 N–H and O–H groups in total. The predicted octanol–water partition coefficient (Wildman–Crippen LogP) is 2.63. The molecule has 22 heavy (non-hydrogen) atoms. The molecule has 0 aliphatic heterocycles. The lowest BCUT2D eigenvalue weighted by Gasteiger charge is -2.28. The topological polar surface area (TPSA) is 78.4 Å². The van der Waals surface area contributed by atoms with Gasteiger partial charge in [-0.1, -0.05) is 18.9 Å². The van der Waals surface area contributed by atoms with Gasteiger partial charge in [0.25, 0.3) is 0 Å². The standard InChI is InChI=1S/C17H22N2O3/c20-15-7-3-4-11-8-9-12(10-13(11)15)18-17(22)19-14-5-1-2-6-16(14)21/h8-10,14,16,21H,1-7H2,(H2,18,19,22). The Bertz CT molecular complexity index is 585. The highest BCUT2D eigenvalue weighted by Crippen LogP contribution is 2.24. The zero-order valence-corrected chi connectivity index (χ0v) is 12.6. The van der Waals surface area contributed by atoms with Crippen molar-refractivity contribution in [2.75, 3.05) is 5.32 Å². The summed E-state index contributed by atoms with van der Waals surface area (Å²) in [7, 11) is 0. The van der Waals surface area contributed by atoms with E-state index in [1.807, 2.05) is 12.1 Å². The molecule has 0 aromatic heterocycles. The lowest BCUT2D eigenvalue weighted by atomic mass is 9.90. The van der Waals surface area contributed by atoms with E-state index in [1.54, 1.807) is 6.07 Å². The Hall–Kier alpha value is -1.88. The largest absolute Gasteiger partial charge is 0.391 e. The van der Waals surface area contributed by atoms with Crippen LogP contribution in [0.3, 0.4) is 0 Å². The molecule has 2 amide bonds. The Labute approximate surface area is 130 Å². The number of rotatable bonds is 2. The number of aliphatic hydroxyl groups is 1. The van der Waals surface area contributed by atoms with E-state index < -0.39 is 6.10 Å². The number of hydrogen-bond acceptors (Lipinski definition) is 3. The minimum atomic E-state index is -0.468. The highest BCUT2D eigenvalue weighted by molar-refractivity contribution is 6.00. The molecule has 2 atom stereocenters. The second kappa shape index (κ2) is 6.48. The molecule has 1 aromatic rings. The van der Waals surface area contributed by atoms with Crippen molar-refractivity contribution in [3.63, 3.8) is 0 Å². The smallest absolute Gasteiger partial charge is 0.319 e. The molecule has 1 fully saturated rings. The zero-order valence-electron chi connectivity index (χ0n) is 12.6. The number of carbonyl (C=O) groups excluding carboxylic acids is 2. The minimum Gasteiger partial charge on any atom is -0.391 e. The van der Waals surface area contributed by atoms with E-state index in [2.05, 4.69) is 10.6 Å². The predicted molar refractivity (Wildman–Crippen MR) is 84.1 cm³/mol. The molecule has 2 unspecified atom stereocenters. The average molecular weight is 302 g/mol. The highest BCUT2D eigenvalue weighted by atomic mass is 16.3. The van der Waals surface area contributed by atoms with Crippen LogP contribution in [0.5, 0.6) is 0 Å². The van der Waals surface area contributed by atoms with Crippen LogP contribution in [0, 0.1) is 0 Å². The van der Waals surface area contributed by atoms with Crippen molar-refractivity contribution in [3.05, 3.63) is 29.3 Å². The SMILES string of the molecule is O=C(Nc1ccc2c(c1)C(=O)CCC2)NC1CCCCC1O. The van der Waals surface area contributed by atoms with Gasteiger partial charge < -0.3 is 15.7 Å². The highest BCUT2D eigenvalue weighted by Gasteiger charge is 2.24. The first kappa shape index (κ1) is 15.0. The Kier molecular flexibility index (Phi) is 4.43. The molecule has 0 heterocycles. The number of urea groups is 1. The number of hydrogen-bond donors (Lipinski definition) is 3. The second-order valence-corrected chi connectivity index (χ2v) is 6.21. The Morgan fingerprint density at radius 2 is 1.95 bits per heavy atom. The van der Waals surface area contributed by atoms with E-state index in [4.69, 9.17) is 0 Å². The zero-order chi connectivity index (χ0) is 15.5. The van der Waals surface area contributed by atoms with E-state index in [0.29, 0.717) is 12.1 Å². The molecule has 0 spiro atoms. The maximum atomic E-state index is 12.1. The Balaban J connectivity index is 1.64. The van der Waals surface area contributed by atoms with Crippen molar-refractivity contribution in [2.24, 2.45) is 0 Å². The Morgan fingerprint density at radius 3 is 2.77 bits per heavy atom. The maximum Gasteiger partial charge on any atom is 0.319 e. The summed E-state index contributed by atoms with van der Waals surface area (Å²) in [6.45, 7) is 0. The van der Waals surface area contributed by atoms with Gasteiger partial charge in [-0.05, 0) is 43.4 Å². The van der Waals surface area contributed by atoms with Crippen LogP contribution in [-0.4, -0.2) is 29.1 Å². The van der Waals surface area contributed by atoms with Crippen molar-refractivity contribution in [2.45, 2.75) is 57.1 Å². The number of fused-ring (bicyclic) bond motifs is 1. The van der Waals surface area contributed by atoms with Crippen molar-refractivity contribution in [3.8, 4) is 0 Å². The summed E-state index contributed by atoms with van der Waals surface area (Å²) < 4.78 is 0. The molecule has 118 valence electrons. The number of amides is 2. The summed E-state index contributed by atoms with van der Waals surface area (Å²) in [5, 5.41) is 15.5. The third-order valence-corrected chi connectivity index (χ3v) is 4.56. The van der Waals surface area contributed by atoms with Crippen LogP contribution >= 0.6 is 0 Å². The average Bonchev–Trinajstić information content (AvgIpc) is 2.50. The lowest BCUT2D eigenvalue weighted by Crippen LogP contribution is -2.46. The number of nitrogens with one attached hydrogen (secondary N) is 2. The summed E-state index contributed by atoms with van der Waals surface area (Å²) in [4.78, 5) is 24.0. The lowest BCUT2D eigenvalue weighted by molar-refractivity contribution is 0.0955. The molecule has 0 bridgehead atoms. The summed E-state index contributed by atoms with van der Waals surface area (Å²) in [5.41, 5.74) is 2.41. The van der Waals surface area contributed by atoms with E-state index >= 15 is 0 Å². The molecule has 3 rings (SSSR count). The Morgan fingerprint density at radius 1 is 1.14 bits per heavy atom. The van der Waals surface area contributed by atoms with Crippen molar-refractivity contribution < 1.29 is 14.7 Å². The van der Waals surface area contributed by atoms with Crippen molar-refractivity contribution in [1.29, 1.82) is 0 Å². The number of ketones is 1. The molecule has 2 aliphatic rings. The van der Waals surface area contributed by atoms with Gasteiger partial charge >= 0.3 is 6.03 Å². The summed E-state index contributed by atoms with van der Waals surface area (Å²) in [6, 6.07) is 4.99. The first-order valence-corrected chi connectivity index (χ1v) is 8.05. The van der Waals surface area contributed by atoms with Crippen molar-refractivity contribution in [1.82, 2.24) is 5.32 Å². The second-order valence-electron chi connectivity index (χ2n) is 6.21. The first-order chi connectivity index (χ1) is 10.6. The van der Waals surface area contributed by atoms with E-state index in [1.165, 1.54) is 0 Å². The van der Waals surface area contributed by atoms with Gasteiger partial charge in [0.2, 0.25) is 0 Å². The van der Waals surface area contributed by atoms with E-state index in [9.17, 15) is 14.7 Å². The van der Waals surface area contributed by atoms with Crippen molar-refractivity contribution >= 4 is 17.5 Å². The monoisotopic (exact) mass is 302 g/mol. The fourth-order valence-electron chi connectivity index (χ4n) is 3.32. The third kappa shape index (κ3) is 3.30. The molecule has 1 aromatic carbocycles. The van der Waals surface area contributed by atoms with Gasteiger partial charge in [-0.3, -0.25) is 4.79 Å². The van der Waals surface area contributed by atoms with Gasteiger partial charge in [0.1, 0.15) is 0 Å². The summed E-state index contributed by atoms with van der Waals surface area (Å²) in [5.74, 6) is 0.146. The van der Waals surface area contributed by atoms with Gasteiger partial charge in [0.15, 0.2) is 5.78 Å². The van der Waals surface area contributed by atoms with Crippen LogP contribution in [-0.2, 0) is 6.42 Å². The molecular formula is C17H22N2O3. The number of benzene rings is 1. The van der Waals surface area contributed by atoms with Gasteiger partial charge in [-0.15, -0.1) is 0 Å². The summed E-state index contributed by atoms with van der Waals surface area (Å²) >= 11 is 0. The van der Waals surface area contributed by atoms with Gasteiger partial charge in [0.05, 0.1) is 12.1 Å². The number of anilines is 1. The number of aryl methyl sites for hydroxylation is 1. The maximum absolute atomic E-state index is 12.1. The van der Waals surface area contributed by atoms with Gasteiger partial charge in [-0.2, -0.15) is 0 Å². The molecule has 0 radical (unpaired) electrons. The molecular weight excluding hydrogens is 280 g/mol. The van der Waals surface area contributed by atoms with Gasteiger partial charge in [-0.25, -0.2) is 4.79 Å². The number of carbonyl (C=O) groups is 2.